The molecule has 0 spiro atoms. The first kappa shape index (κ1) is 24.7. The molecule has 0 amide bonds. The van der Waals surface area contributed by atoms with E-state index in [1.54, 1.807) is 0 Å². The molecular formula is C24H41IN6. The fourth-order valence-corrected chi connectivity index (χ4v) is 5.58. The Kier molecular flexibility index (Phi) is 9.43. The Morgan fingerprint density at radius 1 is 1.03 bits per heavy atom. The topological polar surface area (TPSA) is 37.4 Å². The average Bonchev–Trinajstić information content (AvgIpc) is 2.77. The number of guanidine groups is 1. The molecule has 1 N–H and O–H groups in total. The molecule has 7 heteroatoms. The molecule has 0 bridgehead atoms. The summed E-state index contributed by atoms with van der Waals surface area (Å²) >= 11 is 0. The number of hydrogen-bond acceptors (Lipinski definition) is 4. The zero-order valence-electron chi connectivity index (χ0n) is 19.5. The highest BCUT2D eigenvalue weighted by molar-refractivity contribution is 14.0. The zero-order valence-corrected chi connectivity index (χ0v) is 21.9. The van der Waals surface area contributed by atoms with Crippen LogP contribution >= 0.6 is 24.0 Å². The highest BCUT2D eigenvalue weighted by Gasteiger charge is 2.36. The van der Waals surface area contributed by atoms with Crippen LogP contribution in [-0.4, -0.2) is 105 Å². The molecular weight excluding hydrogens is 499 g/mol. The van der Waals surface area contributed by atoms with Crippen molar-refractivity contribution in [2.24, 2.45) is 10.9 Å². The standard InChI is InChI=1S/C24H40N6.HI/c1-25-24(26-16-22-19-27(2)14-15-28(22)3)30-13-11-23-21(18-30)10-7-12-29(23)17-20-8-5-4-6-9-20;/h4-6,8-9,21-23H,7,10-19H2,1-3H3,(H,25,26);1H. The van der Waals surface area contributed by atoms with Gasteiger partial charge in [-0.15, -0.1) is 24.0 Å². The van der Waals surface area contributed by atoms with Crippen LogP contribution in [0.25, 0.3) is 0 Å². The second-order valence-electron chi connectivity index (χ2n) is 9.49. The van der Waals surface area contributed by atoms with Gasteiger partial charge in [-0.3, -0.25) is 14.8 Å². The van der Waals surface area contributed by atoms with Gasteiger partial charge in [-0.2, -0.15) is 0 Å². The number of hydrogen-bond donors (Lipinski definition) is 1. The number of aliphatic imine (C=N–C) groups is 1. The van der Waals surface area contributed by atoms with Crippen molar-refractivity contribution in [2.75, 3.05) is 67.0 Å². The maximum atomic E-state index is 4.65. The molecule has 174 valence electrons. The predicted molar refractivity (Wildman–Crippen MR) is 140 cm³/mol. The molecule has 1 aromatic carbocycles. The Balaban J connectivity index is 0.00000272. The smallest absolute Gasteiger partial charge is 0.193 e. The molecule has 3 unspecified atom stereocenters. The third-order valence-corrected chi connectivity index (χ3v) is 7.40. The van der Waals surface area contributed by atoms with Crippen molar-refractivity contribution in [3.8, 4) is 0 Å². The third kappa shape index (κ3) is 6.33. The van der Waals surface area contributed by atoms with Gasteiger partial charge in [0.25, 0.3) is 0 Å². The molecule has 3 aliphatic heterocycles. The van der Waals surface area contributed by atoms with Crippen LogP contribution in [-0.2, 0) is 6.54 Å². The predicted octanol–water partition coefficient (Wildman–Crippen LogP) is 2.41. The van der Waals surface area contributed by atoms with Crippen molar-refractivity contribution in [2.45, 2.75) is 37.9 Å². The van der Waals surface area contributed by atoms with Crippen LogP contribution in [0.5, 0.6) is 0 Å². The number of piperidine rings is 2. The van der Waals surface area contributed by atoms with Gasteiger partial charge in [0.05, 0.1) is 0 Å². The Morgan fingerprint density at radius 3 is 2.61 bits per heavy atom. The van der Waals surface area contributed by atoms with Crippen molar-refractivity contribution in [3.05, 3.63) is 35.9 Å². The van der Waals surface area contributed by atoms with Gasteiger partial charge in [0.15, 0.2) is 5.96 Å². The number of likely N-dealkylation sites (N-methyl/N-ethyl adjacent to an activating group) is 2. The number of rotatable bonds is 4. The van der Waals surface area contributed by atoms with Gasteiger partial charge in [-0.1, -0.05) is 30.3 Å². The summed E-state index contributed by atoms with van der Waals surface area (Å²) in [6.45, 7) is 8.98. The van der Waals surface area contributed by atoms with Crippen molar-refractivity contribution >= 4 is 29.9 Å². The summed E-state index contributed by atoms with van der Waals surface area (Å²) in [4.78, 5) is 14.8. The normalized spacial score (nSPS) is 28.7. The van der Waals surface area contributed by atoms with E-state index in [9.17, 15) is 0 Å². The summed E-state index contributed by atoms with van der Waals surface area (Å²) in [6.07, 6.45) is 3.90. The van der Waals surface area contributed by atoms with Gasteiger partial charge in [0.2, 0.25) is 0 Å². The molecule has 3 aliphatic rings. The van der Waals surface area contributed by atoms with E-state index < -0.39 is 0 Å². The van der Waals surface area contributed by atoms with Gasteiger partial charge in [0, 0.05) is 64.9 Å². The molecule has 6 nitrogen and oxygen atoms in total. The number of nitrogens with zero attached hydrogens (tertiary/aromatic N) is 5. The summed E-state index contributed by atoms with van der Waals surface area (Å²) < 4.78 is 0. The summed E-state index contributed by atoms with van der Waals surface area (Å²) in [5, 5.41) is 3.70. The number of likely N-dealkylation sites (tertiary alicyclic amines) is 2. The van der Waals surface area contributed by atoms with E-state index in [1.807, 2.05) is 7.05 Å². The van der Waals surface area contributed by atoms with Gasteiger partial charge in [-0.05, 0) is 51.4 Å². The monoisotopic (exact) mass is 540 g/mol. The lowest BCUT2D eigenvalue weighted by molar-refractivity contribution is 0.0369. The Hall–Kier alpha value is -0.900. The molecule has 3 saturated heterocycles. The molecule has 3 atom stereocenters. The molecule has 0 saturated carbocycles. The molecule has 0 aliphatic carbocycles. The van der Waals surface area contributed by atoms with E-state index in [2.05, 4.69) is 74.3 Å². The summed E-state index contributed by atoms with van der Waals surface area (Å²) in [7, 11) is 6.41. The van der Waals surface area contributed by atoms with Crippen LogP contribution in [0.1, 0.15) is 24.8 Å². The molecule has 1 aromatic rings. The number of piperazine rings is 1. The number of benzene rings is 1. The van der Waals surface area contributed by atoms with Crippen LogP contribution in [0.4, 0.5) is 0 Å². The van der Waals surface area contributed by atoms with Crippen LogP contribution in [0.15, 0.2) is 35.3 Å². The molecule has 3 heterocycles. The first-order valence-electron chi connectivity index (χ1n) is 11.8. The van der Waals surface area contributed by atoms with Crippen LogP contribution < -0.4 is 5.32 Å². The molecule has 3 fully saturated rings. The van der Waals surface area contributed by atoms with Crippen molar-refractivity contribution < 1.29 is 0 Å². The Bertz CT molecular complexity index is 699. The van der Waals surface area contributed by atoms with E-state index in [0.29, 0.717) is 12.1 Å². The average molecular weight is 541 g/mol. The maximum Gasteiger partial charge on any atom is 0.193 e. The van der Waals surface area contributed by atoms with E-state index in [1.165, 1.54) is 31.4 Å². The minimum atomic E-state index is 0. The molecule has 0 aromatic heterocycles. The summed E-state index contributed by atoms with van der Waals surface area (Å²) in [6, 6.07) is 12.2. The lowest BCUT2D eigenvalue weighted by Crippen LogP contribution is -2.59. The first-order valence-corrected chi connectivity index (χ1v) is 11.8. The van der Waals surface area contributed by atoms with Crippen molar-refractivity contribution in [3.63, 3.8) is 0 Å². The van der Waals surface area contributed by atoms with E-state index in [4.69, 9.17) is 0 Å². The number of halogens is 1. The summed E-state index contributed by atoms with van der Waals surface area (Å²) in [5.41, 5.74) is 1.44. The van der Waals surface area contributed by atoms with Crippen LogP contribution in [0.3, 0.4) is 0 Å². The van der Waals surface area contributed by atoms with Gasteiger partial charge < -0.3 is 15.1 Å². The quantitative estimate of drug-likeness (QED) is 0.361. The highest BCUT2D eigenvalue weighted by Crippen LogP contribution is 2.31. The van der Waals surface area contributed by atoms with E-state index >= 15 is 0 Å². The molecule has 4 rings (SSSR count). The van der Waals surface area contributed by atoms with Crippen LogP contribution in [0.2, 0.25) is 0 Å². The Labute approximate surface area is 206 Å². The first-order chi connectivity index (χ1) is 14.6. The Morgan fingerprint density at radius 2 is 1.84 bits per heavy atom. The number of nitrogens with one attached hydrogen (secondary N) is 1. The maximum absolute atomic E-state index is 4.65. The fraction of sp³-hybridized carbons (Fsp3) is 0.708. The van der Waals surface area contributed by atoms with Crippen molar-refractivity contribution in [1.29, 1.82) is 0 Å². The highest BCUT2D eigenvalue weighted by atomic mass is 127. The lowest BCUT2D eigenvalue weighted by atomic mass is 9.83. The summed E-state index contributed by atoms with van der Waals surface area (Å²) in [5.74, 6) is 1.84. The van der Waals surface area contributed by atoms with E-state index in [0.717, 1.165) is 57.7 Å². The lowest BCUT2D eigenvalue weighted by Gasteiger charge is -2.48. The third-order valence-electron chi connectivity index (χ3n) is 7.40. The van der Waals surface area contributed by atoms with E-state index in [-0.39, 0.29) is 24.0 Å². The minimum absolute atomic E-state index is 0. The fourth-order valence-electron chi connectivity index (χ4n) is 5.58. The molecule has 0 radical (unpaired) electrons. The molecule has 31 heavy (non-hydrogen) atoms. The van der Waals surface area contributed by atoms with Gasteiger partial charge in [-0.25, -0.2) is 0 Å². The van der Waals surface area contributed by atoms with Crippen molar-refractivity contribution in [1.82, 2.24) is 24.9 Å². The second-order valence-corrected chi connectivity index (χ2v) is 9.49. The zero-order chi connectivity index (χ0) is 20.9. The van der Waals surface area contributed by atoms with Gasteiger partial charge >= 0.3 is 0 Å². The minimum Gasteiger partial charge on any atom is -0.355 e. The second kappa shape index (κ2) is 11.8. The number of fused-ring (bicyclic) bond motifs is 1. The van der Waals surface area contributed by atoms with Crippen LogP contribution in [0, 0.1) is 5.92 Å². The SMILES string of the molecule is CN=C(NCC1CN(C)CCN1C)N1CCC2C(CCCN2Cc2ccccc2)C1.I. The largest absolute Gasteiger partial charge is 0.355 e. The van der Waals surface area contributed by atoms with Gasteiger partial charge in [0.1, 0.15) is 0 Å².